The molecular formula is C25H29N3O4. The van der Waals surface area contributed by atoms with Crippen LogP contribution in [0, 0.1) is 5.41 Å². The lowest BCUT2D eigenvalue weighted by Gasteiger charge is -2.28. The van der Waals surface area contributed by atoms with Crippen molar-refractivity contribution < 1.29 is 19.1 Å². The number of benzene rings is 2. The number of amides is 2. The number of hydrogen-bond acceptors (Lipinski definition) is 5. The van der Waals surface area contributed by atoms with Gasteiger partial charge in [0.05, 0.1) is 6.04 Å². The van der Waals surface area contributed by atoms with Gasteiger partial charge in [0.2, 0.25) is 0 Å². The van der Waals surface area contributed by atoms with E-state index in [2.05, 4.69) is 5.32 Å². The second kappa shape index (κ2) is 9.22. The number of rotatable bonds is 6. The van der Waals surface area contributed by atoms with Crippen LogP contribution in [0.1, 0.15) is 49.4 Å². The molecule has 2 aliphatic heterocycles. The molecule has 7 nitrogen and oxygen atoms in total. The second-order valence-electron chi connectivity index (χ2n) is 8.68. The van der Waals surface area contributed by atoms with Gasteiger partial charge in [0, 0.05) is 19.3 Å². The minimum Gasteiger partial charge on any atom is -0.350 e. The van der Waals surface area contributed by atoms with Crippen molar-refractivity contribution in [3.8, 4) is 0 Å². The molecule has 0 aromatic heterocycles. The molecule has 168 valence electrons. The van der Waals surface area contributed by atoms with Crippen molar-refractivity contribution in [1.82, 2.24) is 10.2 Å². The Bertz CT molecular complexity index is 974. The van der Waals surface area contributed by atoms with E-state index in [4.69, 9.17) is 14.9 Å². The van der Waals surface area contributed by atoms with Gasteiger partial charge in [-0.1, -0.05) is 54.6 Å². The molecule has 0 spiro atoms. The van der Waals surface area contributed by atoms with Gasteiger partial charge in [-0.3, -0.25) is 9.59 Å². The maximum Gasteiger partial charge on any atom is 0.255 e. The number of carbonyl (C=O) groups is 2. The van der Waals surface area contributed by atoms with Crippen LogP contribution < -0.4 is 5.32 Å². The van der Waals surface area contributed by atoms with E-state index in [9.17, 15) is 9.59 Å². The lowest BCUT2D eigenvalue weighted by molar-refractivity contribution is -0.163. The molecule has 7 heteroatoms. The number of ether oxygens (including phenoxy) is 2. The molecule has 4 rings (SSSR count). The van der Waals surface area contributed by atoms with Gasteiger partial charge >= 0.3 is 0 Å². The van der Waals surface area contributed by atoms with Crippen LogP contribution in [0.5, 0.6) is 0 Å². The van der Waals surface area contributed by atoms with E-state index in [1.54, 1.807) is 13.8 Å². The molecule has 0 bridgehead atoms. The quantitative estimate of drug-likeness (QED) is 0.682. The predicted molar refractivity (Wildman–Crippen MR) is 120 cm³/mol. The molecule has 2 amide bonds. The Hall–Kier alpha value is -3.03. The summed E-state index contributed by atoms with van der Waals surface area (Å²) in [6.07, 6.45) is 1.05. The molecule has 0 radical (unpaired) electrons. The van der Waals surface area contributed by atoms with Crippen molar-refractivity contribution in [3.05, 3.63) is 71.3 Å². The fourth-order valence-corrected chi connectivity index (χ4v) is 4.37. The van der Waals surface area contributed by atoms with Crippen LogP contribution >= 0.6 is 0 Å². The summed E-state index contributed by atoms with van der Waals surface area (Å²) in [6, 6.07) is 17.3. The molecule has 0 saturated carbocycles. The maximum absolute atomic E-state index is 13.5. The van der Waals surface area contributed by atoms with Gasteiger partial charge in [0.25, 0.3) is 11.8 Å². The van der Waals surface area contributed by atoms with E-state index >= 15 is 0 Å². The Balaban J connectivity index is 1.47. The van der Waals surface area contributed by atoms with Crippen LogP contribution in [-0.4, -0.2) is 47.5 Å². The molecule has 2 heterocycles. The number of hydrogen-bond donors (Lipinski definition) is 2. The first kappa shape index (κ1) is 22.2. The minimum atomic E-state index is -1.03. The summed E-state index contributed by atoms with van der Waals surface area (Å²) in [7, 11) is 0. The van der Waals surface area contributed by atoms with Gasteiger partial charge in [0.15, 0.2) is 18.0 Å². The summed E-state index contributed by atoms with van der Waals surface area (Å²) in [6.45, 7) is 4.37. The first-order valence-corrected chi connectivity index (χ1v) is 11.0. The SMILES string of the molecule is CC1(C)O[C@@H](C(=O)NCc2ccc(C=N)cc2)[C@H](C(=O)N2CCC[C@@H]2c2ccccc2)O1. The average Bonchev–Trinajstić information content (AvgIpc) is 3.42. The Morgan fingerprint density at radius 1 is 1.09 bits per heavy atom. The number of nitrogens with one attached hydrogen (secondary N) is 2. The zero-order chi connectivity index (χ0) is 22.7. The van der Waals surface area contributed by atoms with Crippen molar-refractivity contribution in [2.45, 2.75) is 57.3 Å². The highest BCUT2D eigenvalue weighted by Crippen LogP contribution is 2.36. The Kier molecular flexibility index (Phi) is 6.39. The summed E-state index contributed by atoms with van der Waals surface area (Å²) in [4.78, 5) is 28.3. The minimum absolute atomic E-state index is 0.0212. The van der Waals surface area contributed by atoms with E-state index in [1.807, 2.05) is 59.5 Å². The van der Waals surface area contributed by atoms with Crippen LogP contribution in [0.25, 0.3) is 0 Å². The molecule has 3 atom stereocenters. The highest BCUT2D eigenvalue weighted by molar-refractivity contribution is 5.92. The molecule has 2 saturated heterocycles. The molecule has 2 aliphatic rings. The normalized spacial score (nSPS) is 24.3. The van der Waals surface area contributed by atoms with Crippen molar-refractivity contribution in [1.29, 1.82) is 5.41 Å². The number of carbonyl (C=O) groups excluding carboxylic acids is 2. The van der Waals surface area contributed by atoms with Gasteiger partial charge in [0.1, 0.15) is 0 Å². The summed E-state index contributed by atoms with van der Waals surface area (Å²) >= 11 is 0. The van der Waals surface area contributed by atoms with Gasteiger partial charge in [-0.2, -0.15) is 0 Å². The lowest BCUT2D eigenvalue weighted by atomic mass is 10.0. The highest BCUT2D eigenvalue weighted by Gasteiger charge is 2.51. The summed E-state index contributed by atoms with van der Waals surface area (Å²) in [5.41, 5.74) is 2.78. The second-order valence-corrected chi connectivity index (χ2v) is 8.68. The van der Waals surface area contributed by atoms with Gasteiger partial charge in [-0.05, 0) is 43.4 Å². The van der Waals surface area contributed by atoms with Crippen molar-refractivity contribution in [2.24, 2.45) is 0 Å². The van der Waals surface area contributed by atoms with Crippen molar-refractivity contribution in [2.75, 3.05) is 6.54 Å². The van der Waals surface area contributed by atoms with Gasteiger partial charge in [-0.15, -0.1) is 0 Å². The summed E-state index contributed by atoms with van der Waals surface area (Å²) in [5.74, 6) is -1.62. The van der Waals surface area contributed by atoms with Crippen LogP contribution in [0.2, 0.25) is 0 Å². The lowest BCUT2D eigenvalue weighted by Crippen LogP contribution is -2.49. The van der Waals surface area contributed by atoms with Crippen LogP contribution in [0.4, 0.5) is 0 Å². The third-order valence-electron chi connectivity index (χ3n) is 5.93. The maximum atomic E-state index is 13.5. The molecule has 0 aliphatic carbocycles. The predicted octanol–water partition coefficient (Wildman–Crippen LogP) is 3.18. The van der Waals surface area contributed by atoms with Crippen molar-refractivity contribution in [3.63, 3.8) is 0 Å². The standard InChI is InChI=1S/C25H29N3O4/c1-25(2)31-21(23(29)27-16-18-12-10-17(15-26)11-13-18)22(32-25)24(30)28-14-6-9-20(28)19-7-4-3-5-8-19/h3-5,7-8,10-13,15,20-22,26H,6,9,14,16H2,1-2H3,(H,27,29)/t20-,21-,22-/m1/s1. The van der Waals surface area contributed by atoms with Crippen LogP contribution in [0.15, 0.2) is 54.6 Å². The molecule has 2 aromatic rings. The van der Waals surface area contributed by atoms with Gasteiger partial charge in [-0.25, -0.2) is 0 Å². The number of nitrogens with zero attached hydrogens (tertiary/aromatic N) is 1. The van der Waals surface area contributed by atoms with Gasteiger partial charge < -0.3 is 25.1 Å². The van der Waals surface area contributed by atoms with E-state index in [0.29, 0.717) is 13.1 Å². The number of likely N-dealkylation sites (tertiary alicyclic amines) is 1. The average molecular weight is 436 g/mol. The third kappa shape index (κ3) is 4.74. The van der Waals surface area contributed by atoms with Crippen LogP contribution in [-0.2, 0) is 25.6 Å². The van der Waals surface area contributed by atoms with E-state index in [1.165, 1.54) is 6.21 Å². The van der Waals surface area contributed by atoms with Crippen molar-refractivity contribution >= 4 is 18.0 Å². The van der Waals surface area contributed by atoms with E-state index < -0.39 is 18.0 Å². The van der Waals surface area contributed by atoms with E-state index in [0.717, 1.165) is 29.5 Å². The van der Waals surface area contributed by atoms with E-state index in [-0.39, 0.29) is 17.9 Å². The monoisotopic (exact) mass is 435 g/mol. The highest BCUT2D eigenvalue weighted by atomic mass is 16.8. The topological polar surface area (TPSA) is 91.7 Å². The summed E-state index contributed by atoms with van der Waals surface area (Å²) < 4.78 is 11.8. The van der Waals surface area contributed by atoms with Crippen LogP contribution in [0.3, 0.4) is 0 Å². The molecule has 32 heavy (non-hydrogen) atoms. The Labute approximate surface area is 188 Å². The zero-order valence-corrected chi connectivity index (χ0v) is 18.4. The molecular weight excluding hydrogens is 406 g/mol. The molecule has 0 unspecified atom stereocenters. The fourth-order valence-electron chi connectivity index (χ4n) is 4.37. The molecule has 2 fully saturated rings. The Morgan fingerprint density at radius 3 is 2.47 bits per heavy atom. The Morgan fingerprint density at radius 2 is 1.78 bits per heavy atom. The smallest absolute Gasteiger partial charge is 0.255 e. The zero-order valence-electron chi connectivity index (χ0n) is 18.4. The summed E-state index contributed by atoms with van der Waals surface area (Å²) in [5, 5.41) is 10.1. The first-order valence-electron chi connectivity index (χ1n) is 11.0. The third-order valence-corrected chi connectivity index (χ3v) is 5.93. The molecule has 2 aromatic carbocycles. The fraction of sp³-hybridized carbons (Fsp3) is 0.400. The molecule has 2 N–H and O–H groups in total. The largest absolute Gasteiger partial charge is 0.350 e. The first-order chi connectivity index (χ1) is 15.4.